The van der Waals surface area contributed by atoms with Crippen LogP contribution in [0.15, 0.2) is 24.3 Å². The van der Waals surface area contributed by atoms with Gasteiger partial charge in [0.15, 0.2) is 0 Å². The molecule has 1 aliphatic rings. The van der Waals surface area contributed by atoms with Crippen molar-refractivity contribution in [2.75, 3.05) is 6.54 Å². The van der Waals surface area contributed by atoms with E-state index in [0.29, 0.717) is 5.56 Å². The summed E-state index contributed by atoms with van der Waals surface area (Å²) in [6, 6.07) is 5.51. The van der Waals surface area contributed by atoms with Crippen molar-refractivity contribution in [3.8, 4) is 0 Å². The molecule has 1 fully saturated rings. The van der Waals surface area contributed by atoms with Crippen molar-refractivity contribution in [3.63, 3.8) is 0 Å². The van der Waals surface area contributed by atoms with E-state index in [1.54, 1.807) is 12.1 Å². The lowest BCUT2D eigenvalue weighted by molar-refractivity contribution is -0.122. The molecular weight excluding hydrogens is 224 g/mol. The third kappa shape index (κ3) is 2.25. The first-order valence-corrected chi connectivity index (χ1v) is 5.00. The fraction of sp³-hybridized carbons (Fsp3) is 0.182. The zero-order valence-electron chi connectivity index (χ0n) is 8.77. The van der Waals surface area contributed by atoms with Crippen LogP contribution in [0, 0.1) is 0 Å². The van der Waals surface area contributed by atoms with Crippen molar-refractivity contribution >= 4 is 17.9 Å². The first kappa shape index (κ1) is 11.1. The lowest BCUT2D eigenvalue weighted by Crippen LogP contribution is -2.50. The maximum Gasteiger partial charge on any atom is 0.335 e. The number of urea groups is 1. The minimum Gasteiger partial charge on any atom is -0.478 e. The summed E-state index contributed by atoms with van der Waals surface area (Å²) in [5, 5.41) is 13.4. The van der Waals surface area contributed by atoms with Gasteiger partial charge in [0.25, 0.3) is 0 Å². The average molecular weight is 234 g/mol. The van der Waals surface area contributed by atoms with Crippen LogP contribution in [0.2, 0.25) is 0 Å². The standard InChI is InChI=1S/C11H10N2O4/c14-9-8(5-12-11(17)13-9)6-1-3-7(4-2-6)10(15)16/h1-4,8H,5H2,(H,15,16)(H2,12,13,14,17). The number of imide groups is 1. The molecule has 3 N–H and O–H groups in total. The normalized spacial score (nSPS) is 19.4. The Bertz CT molecular complexity index is 481. The van der Waals surface area contributed by atoms with Gasteiger partial charge in [0.05, 0.1) is 11.5 Å². The van der Waals surface area contributed by atoms with Crippen molar-refractivity contribution in [2.45, 2.75) is 5.92 Å². The largest absolute Gasteiger partial charge is 0.478 e. The van der Waals surface area contributed by atoms with Gasteiger partial charge >= 0.3 is 12.0 Å². The van der Waals surface area contributed by atoms with Crippen molar-refractivity contribution in [2.24, 2.45) is 0 Å². The quantitative estimate of drug-likeness (QED) is 0.686. The molecule has 2 rings (SSSR count). The van der Waals surface area contributed by atoms with Gasteiger partial charge in [-0.05, 0) is 17.7 Å². The maximum atomic E-state index is 11.5. The molecule has 1 saturated heterocycles. The molecule has 1 aromatic carbocycles. The lowest BCUT2D eigenvalue weighted by Gasteiger charge is -2.22. The fourth-order valence-electron chi connectivity index (χ4n) is 1.66. The van der Waals surface area contributed by atoms with Crippen LogP contribution in [0.3, 0.4) is 0 Å². The highest BCUT2D eigenvalue weighted by atomic mass is 16.4. The Kier molecular flexibility index (Phi) is 2.78. The topological polar surface area (TPSA) is 95.5 Å². The third-order valence-electron chi connectivity index (χ3n) is 2.58. The Balaban J connectivity index is 2.20. The molecular formula is C11H10N2O4. The van der Waals surface area contributed by atoms with Crippen molar-refractivity contribution in [1.82, 2.24) is 10.6 Å². The molecule has 1 aliphatic heterocycles. The molecule has 0 aliphatic carbocycles. The number of aromatic carboxylic acids is 1. The van der Waals surface area contributed by atoms with Crippen LogP contribution < -0.4 is 10.6 Å². The summed E-state index contributed by atoms with van der Waals surface area (Å²) < 4.78 is 0. The summed E-state index contributed by atoms with van der Waals surface area (Å²) in [4.78, 5) is 33.1. The highest BCUT2D eigenvalue weighted by Crippen LogP contribution is 2.18. The minimum atomic E-state index is -1.02. The predicted octanol–water partition coefficient (Wildman–Crippen LogP) is 0.308. The third-order valence-corrected chi connectivity index (χ3v) is 2.58. The van der Waals surface area contributed by atoms with Crippen molar-refractivity contribution in [1.29, 1.82) is 0 Å². The van der Waals surface area contributed by atoms with Crippen LogP contribution in [-0.2, 0) is 4.79 Å². The first-order valence-electron chi connectivity index (χ1n) is 5.00. The Morgan fingerprint density at radius 2 is 1.88 bits per heavy atom. The lowest BCUT2D eigenvalue weighted by atomic mass is 9.96. The van der Waals surface area contributed by atoms with Crippen LogP contribution in [0.1, 0.15) is 21.8 Å². The van der Waals surface area contributed by atoms with Crippen LogP contribution >= 0.6 is 0 Å². The smallest absolute Gasteiger partial charge is 0.335 e. The molecule has 0 radical (unpaired) electrons. The Morgan fingerprint density at radius 3 is 2.41 bits per heavy atom. The second-order valence-electron chi connectivity index (χ2n) is 3.68. The van der Waals surface area contributed by atoms with E-state index in [2.05, 4.69) is 10.6 Å². The van der Waals surface area contributed by atoms with E-state index in [9.17, 15) is 14.4 Å². The Labute approximate surface area is 96.6 Å². The zero-order valence-corrected chi connectivity index (χ0v) is 8.77. The number of carboxylic acids is 1. The minimum absolute atomic E-state index is 0.161. The molecule has 3 amide bonds. The van der Waals surface area contributed by atoms with Crippen molar-refractivity contribution < 1.29 is 19.5 Å². The van der Waals surface area contributed by atoms with Gasteiger partial charge in [-0.1, -0.05) is 12.1 Å². The maximum absolute atomic E-state index is 11.5. The molecule has 0 aromatic heterocycles. The van der Waals surface area contributed by atoms with E-state index in [1.807, 2.05) is 0 Å². The molecule has 0 spiro atoms. The molecule has 6 nitrogen and oxygen atoms in total. The van der Waals surface area contributed by atoms with E-state index < -0.39 is 17.9 Å². The highest BCUT2D eigenvalue weighted by molar-refractivity contribution is 6.00. The molecule has 1 atom stereocenters. The molecule has 17 heavy (non-hydrogen) atoms. The summed E-state index contributed by atoms with van der Waals surface area (Å²) in [7, 11) is 0. The zero-order chi connectivity index (χ0) is 12.4. The number of rotatable bonds is 2. The van der Waals surface area contributed by atoms with Gasteiger partial charge < -0.3 is 10.4 Å². The summed E-state index contributed by atoms with van der Waals surface area (Å²) in [5.41, 5.74) is 0.835. The monoisotopic (exact) mass is 234 g/mol. The predicted molar refractivity (Wildman–Crippen MR) is 57.7 cm³/mol. The second-order valence-corrected chi connectivity index (χ2v) is 3.68. The summed E-state index contributed by atoms with van der Waals surface area (Å²) in [6.45, 7) is 0.219. The van der Waals surface area contributed by atoms with Gasteiger partial charge in [-0.2, -0.15) is 0 Å². The molecule has 88 valence electrons. The summed E-state index contributed by atoms with van der Waals surface area (Å²) in [5.74, 6) is -1.87. The summed E-state index contributed by atoms with van der Waals surface area (Å²) in [6.07, 6.45) is 0. The van der Waals surface area contributed by atoms with Gasteiger partial charge in [-0.15, -0.1) is 0 Å². The van der Waals surface area contributed by atoms with Gasteiger partial charge in [0, 0.05) is 6.54 Å². The number of hydrogen-bond acceptors (Lipinski definition) is 3. The number of carbonyl (C=O) groups excluding carboxylic acids is 2. The number of benzene rings is 1. The van der Waals surface area contributed by atoms with Gasteiger partial charge in [-0.3, -0.25) is 10.1 Å². The van der Waals surface area contributed by atoms with Gasteiger partial charge in [0.1, 0.15) is 0 Å². The van der Waals surface area contributed by atoms with Crippen LogP contribution in [-0.4, -0.2) is 29.6 Å². The fourth-order valence-corrected chi connectivity index (χ4v) is 1.66. The molecule has 6 heteroatoms. The molecule has 0 bridgehead atoms. The van der Waals surface area contributed by atoms with Crippen LogP contribution in [0.5, 0.6) is 0 Å². The van der Waals surface area contributed by atoms with Gasteiger partial charge in [-0.25, -0.2) is 9.59 Å². The number of carbonyl (C=O) groups is 3. The molecule has 1 heterocycles. The Hall–Kier alpha value is -2.37. The molecule has 1 unspecified atom stereocenters. The second kappa shape index (κ2) is 4.25. The molecule has 0 saturated carbocycles. The van der Waals surface area contributed by atoms with E-state index in [-0.39, 0.29) is 18.0 Å². The van der Waals surface area contributed by atoms with E-state index >= 15 is 0 Å². The average Bonchev–Trinajstić information content (AvgIpc) is 2.29. The number of nitrogens with one attached hydrogen (secondary N) is 2. The van der Waals surface area contributed by atoms with Crippen LogP contribution in [0.25, 0.3) is 0 Å². The summed E-state index contributed by atoms with van der Waals surface area (Å²) >= 11 is 0. The van der Waals surface area contributed by atoms with E-state index in [0.717, 1.165) is 0 Å². The highest BCUT2D eigenvalue weighted by Gasteiger charge is 2.27. The molecule has 1 aromatic rings. The Morgan fingerprint density at radius 1 is 1.24 bits per heavy atom. The van der Waals surface area contributed by atoms with Gasteiger partial charge in [0.2, 0.25) is 5.91 Å². The number of amides is 3. The van der Waals surface area contributed by atoms with E-state index in [1.165, 1.54) is 12.1 Å². The van der Waals surface area contributed by atoms with Crippen LogP contribution in [0.4, 0.5) is 4.79 Å². The number of hydrogen-bond donors (Lipinski definition) is 3. The first-order chi connectivity index (χ1) is 8.08. The SMILES string of the molecule is O=C1NCC(c2ccc(C(=O)O)cc2)C(=O)N1. The van der Waals surface area contributed by atoms with Crippen molar-refractivity contribution in [3.05, 3.63) is 35.4 Å². The van der Waals surface area contributed by atoms with E-state index in [4.69, 9.17) is 5.11 Å². The number of carboxylic acid groups (broad SMARTS) is 1.